The SMILES string of the molecule is Cn1nnc(-c2ccc(S(C)(=O)=O)c(Cl)n2)c1C(=O)O. The minimum Gasteiger partial charge on any atom is -0.476 e. The zero-order valence-electron chi connectivity index (χ0n) is 10.4. The average Bonchev–Trinajstić information content (AvgIpc) is 2.69. The molecule has 106 valence electrons. The van der Waals surface area contributed by atoms with Gasteiger partial charge in [-0.3, -0.25) is 0 Å². The summed E-state index contributed by atoms with van der Waals surface area (Å²) < 4.78 is 23.9. The van der Waals surface area contributed by atoms with Crippen LogP contribution >= 0.6 is 11.6 Å². The number of aromatic carboxylic acids is 1. The van der Waals surface area contributed by atoms with E-state index in [4.69, 9.17) is 16.7 Å². The van der Waals surface area contributed by atoms with E-state index in [1.807, 2.05) is 0 Å². The third-order valence-electron chi connectivity index (χ3n) is 2.49. The van der Waals surface area contributed by atoms with E-state index in [2.05, 4.69) is 15.3 Å². The van der Waals surface area contributed by atoms with Crippen molar-refractivity contribution in [3.05, 3.63) is 23.0 Å². The van der Waals surface area contributed by atoms with Crippen LogP contribution in [0.4, 0.5) is 0 Å². The fourth-order valence-corrected chi connectivity index (χ4v) is 2.84. The van der Waals surface area contributed by atoms with E-state index in [0.29, 0.717) is 0 Å². The van der Waals surface area contributed by atoms with Crippen molar-refractivity contribution in [2.24, 2.45) is 7.05 Å². The molecule has 2 aromatic heterocycles. The van der Waals surface area contributed by atoms with Crippen LogP contribution in [0.1, 0.15) is 10.5 Å². The number of aromatic nitrogens is 4. The summed E-state index contributed by atoms with van der Waals surface area (Å²) in [6, 6.07) is 2.58. The van der Waals surface area contributed by atoms with Crippen molar-refractivity contribution in [3.63, 3.8) is 0 Å². The second kappa shape index (κ2) is 4.84. The molecule has 0 unspecified atom stereocenters. The lowest BCUT2D eigenvalue weighted by molar-refractivity contribution is 0.0686. The Balaban J connectivity index is 2.62. The molecule has 10 heteroatoms. The van der Waals surface area contributed by atoms with Gasteiger partial charge >= 0.3 is 5.97 Å². The van der Waals surface area contributed by atoms with Crippen molar-refractivity contribution in [1.82, 2.24) is 20.0 Å². The monoisotopic (exact) mass is 316 g/mol. The lowest BCUT2D eigenvalue weighted by atomic mass is 10.2. The topological polar surface area (TPSA) is 115 Å². The molecule has 0 amide bonds. The molecule has 1 N–H and O–H groups in total. The molecule has 0 aliphatic rings. The van der Waals surface area contributed by atoms with Crippen LogP contribution in [0, 0.1) is 0 Å². The number of carboxylic acid groups (broad SMARTS) is 1. The van der Waals surface area contributed by atoms with Gasteiger partial charge in [-0.15, -0.1) is 5.10 Å². The number of nitrogens with zero attached hydrogens (tertiary/aromatic N) is 4. The van der Waals surface area contributed by atoms with Crippen LogP contribution in [0.5, 0.6) is 0 Å². The van der Waals surface area contributed by atoms with E-state index >= 15 is 0 Å². The summed E-state index contributed by atoms with van der Waals surface area (Å²) in [4.78, 5) is 14.9. The molecule has 0 fully saturated rings. The van der Waals surface area contributed by atoms with Crippen LogP contribution in [0.25, 0.3) is 11.4 Å². The van der Waals surface area contributed by atoms with E-state index in [1.54, 1.807) is 0 Å². The largest absolute Gasteiger partial charge is 0.476 e. The Morgan fingerprint density at radius 3 is 2.55 bits per heavy atom. The van der Waals surface area contributed by atoms with Gasteiger partial charge in [0.2, 0.25) is 0 Å². The van der Waals surface area contributed by atoms with Crippen molar-refractivity contribution < 1.29 is 18.3 Å². The maximum Gasteiger partial charge on any atom is 0.356 e. The van der Waals surface area contributed by atoms with E-state index in [0.717, 1.165) is 10.9 Å². The number of hydrogen-bond donors (Lipinski definition) is 1. The van der Waals surface area contributed by atoms with Gasteiger partial charge in [-0.05, 0) is 12.1 Å². The minimum atomic E-state index is -3.51. The van der Waals surface area contributed by atoms with Crippen LogP contribution in [-0.4, -0.2) is 45.7 Å². The Hall–Kier alpha value is -2.00. The van der Waals surface area contributed by atoms with Crippen LogP contribution in [0.2, 0.25) is 5.15 Å². The molecule has 20 heavy (non-hydrogen) atoms. The first-order valence-electron chi connectivity index (χ1n) is 5.21. The highest BCUT2D eigenvalue weighted by Gasteiger charge is 2.22. The van der Waals surface area contributed by atoms with Gasteiger partial charge < -0.3 is 5.11 Å². The summed E-state index contributed by atoms with van der Waals surface area (Å²) in [6.07, 6.45) is 1.00. The van der Waals surface area contributed by atoms with Gasteiger partial charge in [0, 0.05) is 13.3 Å². The number of halogens is 1. The van der Waals surface area contributed by atoms with Gasteiger partial charge in [0.25, 0.3) is 0 Å². The molecule has 0 radical (unpaired) electrons. The van der Waals surface area contributed by atoms with Crippen molar-refractivity contribution >= 4 is 27.4 Å². The number of aryl methyl sites for hydroxylation is 1. The number of hydrogen-bond acceptors (Lipinski definition) is 6. The first kappa shape index (κ1) is 14.4. The number of rotatable bonds is 3. The molecule has 2 rings (SSSR count). The van der Waals surface area contributed by atoms with Gasteiger partial charge in [-0.1, -0.05) is 16.8 Å². The third kappa shape index (κ3) is 2.49. The fourth-order valence-electron chi connectivity index (χ4n) is 1.60. The zero-order chi connectivity index (χ0) is 15.1. The van der Waals surface area contributed by atoms with E-state index < -0.39 is 15.8 Å². The molecule has 0 saturated heterocycles. The Morgan fingerprint density at radius 1 is 1.40 bits per heavy atom. The molecule has 0 aliphatic carbocycles. The van der Waals surface area contributed by atoms with E-state index in [1.165, 1.54) is 19.2 Å². The quantitative estimate of drug-likeness (QED) is 0.826. The highest BCUT2D eigenvalue weighted by molar-refractivity contribution is 7.90. The summed E-state index contributed by atoms with van der Waals surface area (Å²) in [5, 5.41) is 16.2. The molecule has 0 spiro atoms. The number of carbonyl (C=O) groups is 1. The van der Waals surface area contributed by atoms with Crippen molar-refractivity contribution in [2.75, 3.05) is 6.26 Å². The first-order chi connectivity index (χ1) is 9.21. The second-order valence-corrected chi connectivity index (χ2v) is 6.32. The number of pyridine rings is 1. The van der Waals surface area contributed by atoms with Crippen LogP contribution in [0.15, 0.2) is 17.0 Å². The summed E-state index contributed by atoms with van der Waals surface area (Å²) in [5.74, 6) is -1.22. The molecular formula is C10H9ClN4O4S. The molecule has 0 aromatic carbocycles. The number of sulfone groups is 1. The summed E-state index contributed by atoms with van der Waals surface area (Å²) in [6.45, 7) is 0. The average molecular weight is 317 g/mol. The molecule has 8 nitrogen and oxygen atoms in total. The van der Waals surface area contributed by atoms with Gasteiger partial charge in [0.05, 0.1) is 5.69 Å². The van der Waals surface area contributed by atoms with Crippen molar-refractivity contribution in [2.45, 2.75) is 4.90 Å². The summed E-state index contributed by atoms with van der Waals surface area (Å²) >= 11 is 5.81. The van der Waals surface area contributed by atoms with Gasteiger partial charge in [0.15, 0.2) is 15.5 Å². The predicted octanol–water partition coefficient (Wildman–Crippen LogP) is 0.632. The number of carboxylic acids is 1. The lowest BCUT2D eigenvalue weighted by Crippen LogP contribution is -2.07. The Labute approximate surface area is 118 Å². The lowest BCUT2D eigenvalue weighted by Gasteiger charge is -2.03. The van der Waals surface area contributed by atoms with Crippen LogP contribution in [-0.2, 0) is 16.9 Å². The van der Waals surface area contributed by atoms with E-state index in [-0.39, 0.29) is 27.1 Å². The summed E-state index contributed by atoms with van der Waals surface area (Å²) in [5.41, 5.74) is -0.0180. The molecule has 2 heterocycles. The molecule has 0 saturated carbocycles. The highest BCUT2D eigenvalue weighted by atomic mass is 35.5. The molecule has 2 aromatic rings. The smallest absolute Gasteiger partial charge is 0.356 e. The Kier molecular flexibility index (Phi) is 3.48. The molecule has 0 aliphatic heterocycles. The standard InChI is InChI=1S/C10H9ClN4O4S/c1-15-8(10(16)17)7(13-14-15)5-3-4-6(9(11)12-5)20(2,18)19/h3-4H,1-2H3,(H,16,17). The Bertz CT molecular complexity index is 800. The predicted molar refractivity (Wildman–Crippen MR) is 69.3 cm³/mol. The van der Waals surface area contributed by atoms with Gasteiger partial charge in [0.1, 0.15) is 15.7 Å². The fraction of sp³-hybridized carbons (Fsp3) is 0.200. The molecule has 0 bridgehead atoms. The minimum absolute atomic E-state index is 0.0157. The third-order valence-corrected chi connectivity index (χ3v) is 4.01. The van der Waals surface area contributed by atoms with Gasteiger partial charge in [-0.2, -0.15) is 0 Å². The molecular weight excluding hydrogens is 308 g/mol. The van der Waals surface area contributed by atoms with Crippen LogP contribution < -0.4 is 0 Å². The Morgan fingerprint density at radius 2 is 2.05 bits per heavy atom. The summed E-state index contributed by atoms with van der Waals surface area (Å²) in [7, 11) is -2.08. The van der Waals surface area contributed by atoms with Crippen molar-refractivity contribution in [1.29, 1.82) is 0 Å². The maximum atomic E-state index is 11.4. The van der Waals surface area contributed by atoms with Crippen molar-refractivity contribution in [3.8, 4) is 11.4 Å². The second-order valence-electron chi connectivity index (χ2n) is 3.97. The van der Waals surface area contributed by atoms with Crippen LogP contribution in [0.3, 0.4) is 0 Å². The first-order valence-corrected chi connectivity index (χ1v) is 7.48. The zero-order valence-corrected chi connectivity index (χ0v) is 12.0. The normalized spacial score (nSPS) is 11.6. The van der Waals surface area contributed by atoms with Gasteiger partial charge in [-0.25, -0.2) is 22.9 Å². The maximum absolute atomic E-state index is 11.4. The molecule has 0 atom stereocenters. The highest BCUT2D eigenvalue weighted by Crippen LogP contribution is 2.25. The van der Waals surface area contributed by atoms with E-state index in [9.17, 15) is 13.2 Å².